The SMILES string of the molecule is NC1(CNS(=O)(=O)c2cccc3nsnc23)CCC1. The van der Waals surface area contributed by atoms with Gasteiger partial charge in [0, 0.05) is 12.1 Å². The predicted octanol–water partition coefficient (Wildman–Crippen LogP) is 0.851. The van der Waals surface area contributed by atoms with Gasteiger partial charge in [0.25, 0.3) is 0 Å². The van der Waals surface area contributed by atoms with Gasteiger partial charge in [-0.1, -0.05) is 6.07 Å². The Morgan fingerprint density at radius 1 is 1.37 bits per heavy atom. The van der Waals surface area contributed by atoms with Crippen molar-refractivity contribution in [3.63, 3.8) is 0 Å². The summed E-state index contributed by atoms with van der Waals surface area (Å²) < 4.78 is 35.3. The Morgan fingerprint density at radius 3 is 2.84 bits per heavy atom. The van der Waals surface area contributed by atoms with Crippen LogP contribution in [0.25, 0.3) is 11.0 Å². The number of nitrogens with two attached hydrogens (primary N) is 1. The lowest BCUT2D eigenvalue weighted by atomic mass is 9.78. The van der Waals surface area contributed by atoms with Gasteiger partial charge < -0.3 is 5.73 Å². The summed E-state index contributed by atoms with van der Waals surface area (Å²) in [6, 6.07) is 4.95. The lowest BCUT2D eigenvalue weighted by molar-refractivity contribution is 0.251. The number of nitrogens with one attached hydrogen (secondary N) is 1. The van der Waals surface area contributed by atoms with Gasteiger partial charge in [0.05, 0.1) is 11.7 Å². The fourth-order valence-corrected chi connectivity index (χ4v) is 4.03. The molecule has 19 heavy (non-hydrogen) atoms. The van der Waals surface area contributed by atoms with Gasteiger partial charge in [-0.05, 0) is 31.4 Å². The van der Waals surface area contributed by atoms with Crippen LogP contribution in [-0.4, -0.2) is 29.2 Å². The van der Waals surface area contributed by atoms with Gasteiger partial charge in [-0.2, -0.15) is 8.75 Å². The molecule has 2 aromatic rings. The monoisotopic (exact) mass is 298 g/mol. The highest BCUT2D eigenvalue weighted by molar-refractivity contribution is 7.89. The van der Waals surface area contributed by atoms with Crippen molar-refractivity contribution in [1.82, 2.24) is 13.5 Å². The van der Waals surface area contributed by atoms with Crippen LogP contribution in [0.2, 0.25) is 0 Å². The standard InChI is InChI=1S/C11H14N4O2S2/c12-11(5-2-6-11)7-13-19(16,17)9-4-1-3-8-10(9)15-18-14-8/h1,3-4,13H,2,5-7,12H2. The van der Waals surface area contributed by atoms with Crippen molar-refractivity contribution in [2.24, 2.45) is 5.73 Å². The van der Waals surface area contributed by atoms with Crippen molar-refractivity contribution in [1.29, 1.82) is 0 Å². The van der Waals surface area contributed by atoms with Crippen LogP contribution in [0.4, 0.5) is 0 Å². The summed E-state index contributed by atoms with van der Waals surface area (Å²) in [5, 5.41) is 0. The Kier molecular flexibility index (Phi) is 3.05. The van der Waals surface area contributed by atoms with Crippen molar-refractivity contribution in [3.05, 3.63) is 18.2 Å². The van der Waals surface area contributed by atoms with Crippen LogP contribution in [0.1, 0.15) is 19.3 Å². The molecule has 1 saturated carbocycles. The molecule has 1 aliphatic rings. The average molecular weight is 298 g/mol. The maximum atomic E-state index is 12.3. The highest BCUT2D eigenvalue weighted by Gasteiger charge is 2.34. The number of hydrogen-bond acceptors (Lipinski definition) is 6. The molecule has 1 aliphatic carbocycles. The third-order valence-electron chi connectivity index (χ3n) is 3.50. The van der Waals surface area contributed by atoms with Crippen LogP contribution in [-0.2, 0) is 10.0 Å². The molecule has 0 unspecified atom stereocenters. The van der Waals surface area contributed by atoms with E-state index >= 15 is 0 Å². The Labute approximate surface area is 115 Å². The molecular formula is C11H14N4O2S2. The average Bonchev–Trinajstić information content (AvgIpc) is 2.82. The van der Waals surface area contributed by atoms with E-state index in [-0.39, 0.29) is 17.0 Å². The summed E-state index contributed by atoms with van der Waals surface area (Å²) in [6.45, 7) is 0.267. The first-order valence-corrected chi connectivity index (χ1v) is 8.21. The first-order valence-electron chi connectivity index (χ1n) is 6.00. The van der Waals surface area contributed by atoms with Crippen molar-refractivity contribution >= 4 is 32.8 Å². The smallest absolute Gasteiger partial charge is 0.242 e. The Hall–Kier alpha value is -1.09. The van der Waals surface area contributed by atoms with E-state index in [4.69, 9.17) is 5.73 Å². The molecule has 1 aromatic heterocycles. The fraction of sp³-hybridized carbons (Fsp3) is 0.455. The third kappa shape index (κ3) is 2.36. The van der Waals surface area contributed by atoms with Gasteiger partial charge in [0.1, 0.15) is 15.9 Å². The van der Waals surface area contributed by atoms with E-state index in [0.29, 0.717) is 11.0 Å². The second-order valence-electron chi connectivity index (χ2n) is 4.93. The largest absolute Gasteiger partial charge is 0.324 e. The Morgan fingerprint density at radius 2 is 2.16 bits per heavy atom. The van der Waals surface area contributed by atoms with Crippen molar-refractivity contribution in [3.8, 4) is 0 Å². The molecule has 1 fully saturated rings. The van der Waals surface area contributed by atoms with Gasteiger partial charge >= 0.3 is 0 Å². The van der Waals surface area contributed by atoms with Gasteiger partial charge in [-0.3, -0.25) is 0 Å². The van der Waals surface area contributed by atoms with Crippen molar-refractivity contribution < 1.29 is 8.42 Å². The first-order chi connectivity index (χ1) is 9.00. The molecule has 3 rings (SSSR count). The molecule has 1 aromatic carbocycles. The van der Waals surface area contributed by atoms with E-state index in [1.165, 1.54) is 6.07 Å². The predicted molar refractivity (Wildman–Crippen MR) is 73.4 cm³/mol. The fourth-order valence-electron chi connectivity index (χ4n) is 2.12. The number of sulfonamides is 1. The molecular weight excluding hydrogens is 284 g/mol. The number of fused-ring (bicyclic) bond motifs is 1. The molecule has 0 radical (unpaired) electrons. The minimum Gasteiger partial charge on any atom is -0.324 e. The Bertz CT molecular complexity index is 706. The molecule has 0 saturated heterocycles. The van der Waals surface area contributed by atoms with E-state index < -0.39 is 10.0 Å². The highest BCUT2D eigenvalue weighted by atomic mass is 32.2. The summed E-state index contributed by atoms with van der Waals surface area (Å²) in [4.78, 5) is 0.168. The molecule has 0 amide bonds. The van der Waals surface area contributed by atoms with Crippen LogP contribution in [0.15, 0.2) is 23.1 Å². The zero-order valence-electron chi connectivity index (χ0n) is 10.2. The molecule has 6 nitrogen and oxygen atoms in total. The normalized spacial score (nSPS) is 18.4. The van der Waals surface area contributed by atoms with Crippen molar-refractivity contribution in [2.75, 3.05) is 6.54 Å². The van der Waals surface area contributed by atoms with Gasteiger partial charge in [0.15, 0.2) is 0 Å². The van der Waals surface area contributed by atoms with E-state index in [2.05, 4.69) is 13.5 Å². The molecule has 8 heteroatoms. The maximum Gasteiger partial charge on any atom is 0.242 e. The first kappa shape index (κ1) is 12.9. The number of benzene rings is 1. The number of rotatable bonds is 4. The summed E-state index contributed by atoms with van der Waals surface area (Å²) in [5.41, 5.74) is 6.65. The third-order valence-corrected chi connectivity index (χ3v) is 5.48. The molecule has 1 heterocycles. The van der Waals surface area contributed by atoms with Crippen LogP contribution >= 0.6 is 11.7 Å². The lowest BCUT2D eigenvalue weighted by Crippen LogP contribution is -2.54. The molecule has 0 aliphatic heterocycles. The zero-order chi connectivity index (χ0) is 13.5. The molecule has 0 atom stereocenters. The molecule has 0 spiro atoms. The maximum absolute atomic E-state index is 12.3. The number of aromatic nitrogens is 2. The van der Waals surface area contributed by atoms with Crippen LogP contribution in [0.3, 0.4) is 0 Å². The summed E-state index contributed by atoms with van der Waals surface area (Å²) in [5.74, 6) is 0. The van der Waals surface area contributed by atoms with Gasteiger partial charge in [-0.25, -0.2) is 13.1 Å². The van der Waals surface area contributed by atoms with Crippen LogP contribution in [0.5, 0.6) is 0 Å². The quantitative estimate of drug-likeness (QED) is 0.872. The molecule has 0 bridgehead atoms. The van der Waals surface area contributed by atoms with Crippen LogP contribution < -0.4 is 10.5 Å². The van der Waals surface area contributed by atoms with E-state index in [1.807, 2.05) is 0 Å². The van der Waals surface area contributed by atoms with Gasteiger partial charge in [0.2, 0.25) is 10.0 Å². The van der Waals surface area contributed by atoms with Crippen LogP contribution in [0, 0.1) is 0 Å². The molecule has 3 N–H and O–H groups in total. The van der Waals surface area contributed by atoms with Crippen molar-refractivity contribution in [2.45, 2.75) is 29.7 Å². The van der Waals surface area contributed by atoms with E-state index in [9.17, 15) is 8.42 Å². The summed E-state index contributed by atoms with van der Waals surface area (Å²) in [6.07, 6.45) is 2.78. The molecule has 102 valence electrons. The second-order valence-corrected chi connectivity index (χ2v) is 7.19. The second kappa shape index (κ2) is 4.48. The number of hydrogen-bond donors (Lipinski definition) is 2. The lowest BCUT2D eigenvalue weighted by Gasteiger charge is -2.37. The minimum atomic E-state index is -3.59. The number of nitrogens with zero attached hydrogens (tertiary/aromatic N) is 2. The summed E-state index contributed by atoms with van der Waals surface area (Å²) >= 11 is 1.01. The zero-order valence-corrected chi connectivity index (χ0v) is 11.8. The summed E-state index contributed by atoms with van der Waals surface area (Å²) in [7, 11) is -3.59. The minimum absolute atomic E-state index is 0.168. The van der Waals surface area contributed by atoms with E-state index in [0.717, 1.165) is 31.0 Å². The Balaban J connectivity index is 1.89. The highest BCUT2D eigenvalue weighted by Crippen LogP contribution is 2.29. The topological polar surface area (TPSA) is 98.0 Å². The van der Waals surface area contributed by atoms with Gasteiger partial charge in [-0.15, -0.1) is 0 Å². The van der Waals surface area contributed by atoms with E-state index in [1.54, 1.807) is 12.1 Å².